The highest BCUT2D eigenvalue weighted by atomic mass is 16.5. The molecule has 1 fully saturated rings. The Bertz CT molecular complexity index is 1020. The molecule has 3 N–H and O–H groups in total. The maximum atomic E-state index is 12.7. The van der Waals surface area contributed by atoms with Crippen molar-refractivity contribution in [2.75, 3.05) is 6.61 Å². The number of hydrogen-bond donors (Lipinski definition) is 3. The lowest BCUT2D eigenvalue weighted by Gasteiger charge is -2.24. The van der Waals surface area contributed by atoms with Crippen LogP contribution in [0.3, 0.4) is 0 Å². The Kier molecular flexibility index (Phi) is 7.20. The number of carbonyl (C=O) groups excluding carboxylic acids is 2. The second-order valence-electron chi connectivity index (χ2n) is 9.57. The van der Waals surface area contributed by atoms with Gasteiger partial charge in [0.2, 0.25) is 5.91 Å². The summed E-state index contributed by atoms with van der Waals surface area (Å²) in [5.74, 6) is -1.70. The van der Waals surface area contributed by atoms with Crippen molar-refractivity contribution in [1.82, 2.24) is 10.6 Å². The number of amides is 2. The molecule has 2 aromatic carbocycles. The molecule has 0 saturated heterocycles. The molecular formula is C27H32N2O5. The molecule has 1 saturated carbocycles. The van der Waals surface area contributed by atoms with E-state index >= 15 is 0 Å². The third-order valence-electron chi connectivity index (χ3n) is 7.04. The van der Waals surface area contributed by atoms with Gasteiger partial charge in [-0.3, -0.25) is 9.59 Å². The van der Waals surface area contributed by atoms with Gasteiger partial charge < -0.3 is 20.5 Å². The molecule has 180 valence electrons. The van der Waals surface area contributed by atoms with Crippen LogP contribution in [0.4, 0.5) is 4.79 Å². The van der Waals surface area contributed by atoms with Crippen molar-refractivity contribution in [3.63, 3.8) is 0 Å². The third kappa shape index (κ3) is 5.08. The van der Waals surface area contributed by atoms with Crippen molar-refractivity contribution in [2.45, 2.75) is 57.5 Å². The number of ether oxygens (including phenoxy) is 1. The van der Waals surface area contributed by atoms with Gasteiger partial charge in [-0.25, -0.2) is 4.79 Å². The van der Waals surface area contributed by atoms with Crippen LogP contribution in [0, 0.1) is 11.8 Å². The van der Waals surface area contributed by atoms with E-state index in [1.165, 1.54) is 0 Å². The van der Waals surface area contributed by atoms with Crippen LogP contribution in [0.15, 0.2) is 48.5 Å². The molecule has 2 amide bonds. The molecular weight excluding hydrogens is 432 g/mol. The predicted molar refractivity (Wildman–Crippen MR) is 128 cm³/mol. The van der Waals surface area contributed by atoms with Gasteiger partial charge in [0.05, 0.1) is 5.92 Å². The number of carbonyl (C=O) groups is 3. The zero-order chi connectivity index (χ0) is 24.2. The summed E-state index contributed by atoms with van der Waals surface area (Å²) in [7, 11) is 0. The number of carboxylic acid groups (broad SMARTS) is 1. The maximum absolute atomic E-state index is 12.7. The lowest BCUT2D eigenvalue weighted by Crippen LogP contribution is -2.46. The van der Waals surface area contributed by atoms with Gasteiger partial charge in [0.1, 0.15) is 6.61 Å². The molecule has 34 heavy (non-hydrogen) atoms. The minimum Gasteiger partial charge on any atom is -0.481 e. The maximum Gasteiger partial charge on any atom is 0.407 e. The Morgan fingerprint density at radius 1 is 1.00 bits per heavy atom. The van der Waals surface area contributed by atoms with Gasteiger partial charge in [0.15, 0.2) is 0 Å². The Morgan fingerprint density at radius 3 is 2.21 bits per heavy atom. The zero-order valence-electron chi connectivity index (χ0n) is 19.6. The largest absolute Gasteiger partial charge is 0.481 e. The van der Waals surface area contributed by atoms with Gasteiger partial charge in [0.25, 0.3) is 0 Å². The van der Waals surface area contributed by atoms with Crippen molar-refractivity contribution >= 4 is 18.0 Å². The third-order valence-corrected chi connectivity index (χ3v) is 7.04. The Morgan fingerprint density at radius 2 is 1.62 bits per heavy atom. The van der Waals surface area contributed by atoms with Crippen molar-refractivity contribution in [3.05, 3.63) is 59.7 Å². The number of nitrogens with one attached hydrogen (secondary N) is 2. The fourth-order valence-electron chi connectivity index (χ4n) is 5.14. The van der Waals surface area contributed by atoms with E-state index in [-0.39, 0.29) is 36.8 Å². The van der Waals surface area contributed by atoms with Gasteiger partial charge in [-0.05, 0) is 41.0 Å². The van der Waals surface area contributed by atoms with Crippen LogP contribution in [-0.4, -0.2) is 41.8 Å². The van der Waals surface area contributed by atoms with E-state index in [0.717, 1.165) is 28.7 Å². The summed E-state index contributed by atoms with van der Waals surface area (Å²) in [6.45, 7) is 4.06. The minimum atomic E-state index is -0.875. The van der Waals surface area contributed by atoms with Crippen molar-refractivity contribution in [1.29, 1.82) is 0 Å². The van der Waals surface area contributed by atoms with Crippen molar-refractivity contribution in [2.24, 2.45) is 11.8 Å². The highest BCUT2D eigenvalue weighted by Gasteiger charge is 2.34. The number of benzene rings is 2. The number of rotatable bonds is 8. The van der Waals surface area contributed by atoms with E-state index in [9.17, 15) is 19.5 Å². The van der Waals surface area contributed by atoms with Crippen LogP contribution < -0.4 is 10.6 Å². The van der Waals surface area contributed by atoms with Gasteiger partial charge in [-0.1, -0.05) is 68.8 Å². The van der Waals surface area contributed by atoms with E-state index in [4.69, 9.17) is 4.74 Å². The van der Waals surface area contributed by atoms with Gasteiger partial charge in [-0.15, -0.1) is 0 Å². The molecule has 0 unspecified atom stereocenters. The number of fused-ring (bicyclic) bond motifs is 3. The summed E-state index contributed by atoms with van der Waals surface area (Å²) in [4.78, 5) is 36.7. The number of hydrogen-bond acceptors (Lipinski definition) is 4. The topological polar surface area (TPSA) is 105 Å². The Hall–Kier alpha value is -3.35. The first-order valence-corrected chi connectivity index (χ1v) is 12.0. The smallest absolute Gasteiger partial charge is 0.407 e. The lowest BCUT2D eigenvalue weighted by molar-refractivity contribution is -0.142. The molecule has 0 aliphatic heterocycles. The highest BCUT2D eigenvalue weighted by Crippen LogP contribution is 2.44. The van der Waals surface area contributed by atoms with Crippen LogP contribution >= 0.6 is 0 Å². The van der Waals surface area contributed by atoms with E-state index in [1.807, 2.05) is 38.1 Å². The predicted octanol–water partition coefficient (Wildman–Crippen LogP) is 4.31. The second-order valence-corrected chi connectivity index (χ2v) is 9.57. The van der Waals surface area contributed by atoms with E-state index in [1.54, 1.807) is 0 Å². The lowest BCUT2D eigenvalue weighted by atomic mass is 9.98. The first-order valence-electron chi connectivity index (χ1n) is 12.0. The molecule has 4 rings (SSSR count). The minimum absolute atomic E-state index is 0.00470. The summed E-state index contributed by atoms with van der Waals surface area (Å²) in [5, 5.41) is 15.0. The van der Waals surface area contributed by atoms with Gasteiger partial charge in [-0.2, -0.15) is 0 Å². The number of aliphatic carboxylic acids is 1. The number of carboxylic acids is 1. The summed E-state index contributed by atoms with van der Waals surface area (Å²) < 4.78 is 5.62. The standard InChI is InChI=1S/C27H32N2O5/c1-16(2)24(14-25(30)28-23-13-7-12-21(23)26(31)32)29-27(33)34-15-22-19-10-5-3-8-17(19)18-9-4-6-11-20(18)22/h3-6,8-11,16,21-24H,7,12-15H2,1-2H3,(H,28,30)(H,29,33)(H,31,32)/t21-,23+,24+/m1/s1. The molecule has 0 radical (unpaired) electrons. The quantitative estimate of drug-likeness (QED) is 0.540. The SMILES string of the molecule is CC(C)[C@H](CC(=O)N[C@H]1CCC[C@H]1C(=O)O)NC(=O)OCC1c2ccccc2-c2ccccc21. The summed E-state index contributed by atoms with van der Waals surface area (Å²) in [6.07, 6.45) is 1.54. The van der Waals surface area contributed by atoms with Crippen LogP contribution in [-0.2, 0) is 14.3 Å². The zero-order valence-corrected chi connectivity index (χ0v) is 19.6. The van der Waals surface area contributed by atoms with E-state index in [0.29, 0.717) is 12.8 Å². The fourth-order valence-corrected chi connectivity index (χ4v) is 5.14. The van der Waals surface area contributed by atoms with Gasteiger partial charge >= 0.3 is 12.1 Å². The van der Waals surface area contributed by atoms with Crippen LogP contribution in [0.5, 0.6) is 0 Å². The summed E-state index contributed by atoms with van der Waals surface area (Å²) in [5.41, 5.74) is 4.60. The number of alkyl carbamates (subject to hydrolysis) is 1. The summed E-state index contributed by atoms with van der Waals surface area (Å²) >= 11 is 0. The van der Waals surface area contributed by atoms with Crippen LogP contribution in [0.25, 0.3) is 11.1 Å². The molecule has 7 nitrogen and oxygen atoms in total. The molecule has 0 bridgehead atoms. The molecule has 2 aromatic rings. The first-order chi connectivity index (χ1) is 16.3. The summed E-state index contributed by atoms with van der Waals surface area (Å²) in [6, 6.07) is 15.5. The Balaban J connectivity index is 1.34. The fraction of sp³-hybridized carbons (Fsp3) is 0.444. The highest BCUT2D eigenvalue weighted by molar-refractivity contribution is 5.80. The average Bonchev–Trinajstić information content (AvgIpc) is 3.40. The Labute approximate surface area is 199 Å². The molecule has 2 aliphatic rings. The van der Waals surface area contributed by atoms with Crippen molar-refractivity contribution in [3.8, 4) is 11.1 Å². The normalized spacial score (nSPS) is 19.9. The van der Waals surface area contributed by atoms with Gasteiger partial charge in [0, 0.05) is 24.4 Å². The van der Waals surface area contributed by atoms with Crippen molar-refractivity contribution < 1.29 is 24.2 Å². The monoisotopic (exact) mass is 464 g/mol. The molecule has 0 heterocycles. The molecule has 3 atom stereocenters. The van der Waals surface area contributed by atoms with Crippen LogP contribution in [0.2, 0.25) is 0 Å². The first kappa shape index (κ1) is 23.8. The van der Waals surface area contributed by atoms with Crippen LogP contribution in [0.1, 0.15) is 56.6 Å². The molecule has 7 heteroatoms. The second kappa shape index (κ2) is 10.3. The molecule has 0 aromatic heterocycles. The molecule has 2 aliphatic carbocycles. The van der Waals surface area contributed by atoms with E-state index < -0.39 is 24.0 Å². The van der Waals surface area contributed by atoms with E-state index in [2.05, 4.69) is 34.9 Å². The molecule has 0 spiro atoms. The average molecular weight is 465 g/mol.